The number of nitrogens with one attached hydrogen (secondary N) is 1. The van der Waals surface area contributed by atoms with Gasteiger partial charge in [0.05, 0.1) is 11.6 Å². The van der Waals surface area contributed by atoms with Crippen LogP contribution < -0.4 is 10.1 Å². The summed E-state index contributed by atoms with van der Waals surface area (Å²) in [6, 6.07) is 16.4. The van der Waals surface area contributed by atoms with E-state index in [4.69, 9.17) is 4.74 Å². The summed E-state index contributed by atoms with van der Waals surface area (Å²) in [5, 5.41) is 12.0. The van der Waals surface area contributed by atoms with Crippen molar-refractivity contribution >= 4 is 18.0 Å². The van der Waals surface area contributed by atoms with Crippen molar-refractivity contribution in [1.82, 2.24) is 10.2 Å². The highest BCUT2D eigenvalue weighted by Gasteiger charge is 2.39. The van der Waals surface area contributed by atoms with Crippen LogP contribution in [0.3, 0.4) is 0 Å². The first-order chi connectivity index (χ1) is 14.7. The van der Waals surface area contributed by atoms with Crippen LogP contribution in [-0.4, -0.2) is 22.9 Å². The smallest absolute Gasteiger partial charge is 0.329 e. The van der Waals surface area contributed by atoms with Crippen molar-refractivity contribution in [1.29, 1.82) is 5.26 Å². The van der Waals surface area contributed by atoms with Gasteiger partial charge in [0.25, 0.3) is 5.91 Å². The van der Waals surface area contributed by atoms with Gasteiger partial charge in [-0.15, -0.1) is 0 Å². The Balaban J connectivity index is 1.54. The van der Waals surface area contributed by atoms with Crippen LogP contribution in [-0.2, 0) is 11.4 Å². The van der Waals surface area contributed by atoms with Crippen LogP contribution in [0.5, 0.6) is 5.75 Å². The fourth-order valence-electron chi connectivity index (χ4n) is 4.02. The Morgan fingerprint density at radius 3 is 2.60 bits per heavy atom. The quantitative estimate of drug-likeness (QED) is 0.596. The molecule has 1 heterocycles. The molecule has 0 bridgehead atoms. The molecular weight excluding hydrogens is 378 g/mol. The second-order valence-electron chi connectivity index (χ2n) is 7.55. The van der Waals surface area contributed by atoms with E-state index in [1.165, 1.54) is 4.90 Å². The van der Waals surface area contributed by atoms with Gasteiger partial charge in [-0.2, -0.15) is 5.26 Å². The number of benzene rings is 2. The van der Waals surface area contributed by atoms with Gasteiger partial charge < -0.3 is 10.1 Å². The molecule has 6 nitrogen and oxygen atoms in total. The topological polar surface area (TPSA) is 82.4 Å². The highest BCUT2D eigenvalue weighted by molar-refractivity contribution is 6.14. The number of imide groups is 1. The number of ether oxygens (including phenoxy) is 1. The fraction of sp³-hybridized carbons (Fsp3) is 0.292. The first-order valence-electron chi connectivity index (χ1n) is 10.2. The molecule has 1 N–H and O–H groups in total. The molecule has 1 saturated carbocycles. The Morgan fingerprint density at radius 2 is 1.80 bits per heavy atom. The molecule has 2 fully saturated rings. The lowest BCUT2D eigenvalue weighted by Gasteiger charge is -2.28. The van der Waals surface area contributed by atoms with Crippen molar-refractivity contribution in [3.63, 3.8) is 0 Å². The predicted octanol–water partition coefficient (Wildman–Crippen LogP) is 4.36. The molecule has 0 spiro atoms. The third-order valence-electron chi connectivity index (χ3n) is 5.59. The number of amides is 3. The first-order valence-corrected chi connectivity index (χ1v) is 10.2. The van der Waals surface area contributed by atoms with E-state index in [1.54, 1.807) is 12.1 Å². The third kappa shape index (κ3) is 4.06. The molecule has 30 heavy (non-hydrogen) atoms. The van der Waals surface area contributed by atoms with Crippen LogP contribution in [0.25, 0.3) is 6.08 Å². The predicted molar refractivity (Wildman–Crippen MR) is 112 cm³/mol. The third-order valence-corrected chi connectivity index (χ3v) is 5.59. The lowest BCUT2D eigenvalue weighted by molar-refractivity contribution is -0.124. The summed E-state index contributed by atoms with van der Waals surface area (Å²) in [6.07, 6.45) is 6.63. The maximum Gasteiger partial charge on any atom is 0.329 e. The van der Waals surface area contributed by atoms with E-state index >= 15 is 0 Å². The zero-order valence-corrected chi connectivity index (χ0v) is 16.6. The van der Waals surface area contributed by atoms with Gasteiger partial charge in [-0.25, -0.2) is 4.79 Å². The molecule has 1 aliphatic carbocycles. The lowest BCUT2D eigenvalue weighted by Crippen LogP contribution is -2.41. The number of carbonyl (C=O) groups excluding carboxylic acids is 2. The lowest BCUT2D eigenvalue weighted by atomic mass is 9.94. The molecule has 2 aromatic rings. The fourth-order valence-corrected chi connectivity index (χ4v) is 4.02. The number of hydrogen-bond donors (Lipinski definition) is 1. The molecule has 1 saturated heterocycles. The Labute approximate surface area is 175 Å². The molecule has 0 aromatic heterocycles. The summed E-state index contributed by atoms with van der Waals surface area (Å²) >= 11 is 0. The van der Waals surface area contributed by atoms with Crippen molar-refractivity contribution in [3.05, 3.63) is 70.9 Å². The number of carbonyl (C=O) groups is 2. The zero-order valence-electron chi connectivity index (χ0n) is 16.6. The van der Waals surface area contributed by atoms with Crippen LogP contribution in [0.15, 0.2) is 54.2 Å². The average Bonchev–Trinajstić information content (AvgIpc) is 3.06. The summed E-state index contributed by atoms with van der Waals surface area (Å²) < 4.78 is 5.95. The molecule has 3 amide bonds. The van der Waals surface area contributed by atoms with E-state index in [1.807, 2.05) is 42.5 Å². The minimum atomic E-state index is -0.348. The second kappa shape index (κ2) is 8.83. The van der Waals surface area contributed by atoms with Gasteiger partial charge in [-0.1, -0.05) is 55.7 Å². The average molecular weight is 401 g/mol. The molecule has 4 rings (SSSR count). The van der Waals surface area contributed by atoms with E-state index in [-0.39, 0.29) is 30.3 Å². The minimum Gasteiger partial charge on any atom is -0.488 e. The Kier molecular flexibility index (Phi) is 5.80. The first kappa shape index (κ1) is 19.7. The van der Waals surface area contributed by atoms with Crippen molar-refractivity contribution in [3.8, 4) is 11.8 Å². The van der Waals surface area contributed by atoms with Crippen LogP contribution >= 0.6 is 0 Å². The molecule has 2 aromatic carbocycles. The van der Waals surface area contributed by atoms with E-state index in [0.717, 1.165) is 37.7 Å². The highest BCUT2D eigenvalue weighted by Crippen LogP contribution is 2.28. The molecule has 0 radical (unpaired) electrons. The molecule has 2 aliphatic rings. The summed E-state index contributed by atoms with van der Waals surface area (Å²) in [5.41, 5.74) is 2.31. The number of urea groups is 1. The van der Waals surface area contributed by atoms with Crippen LogP contribution in [0.2, 0.25) is 0 Å². The van der Waals surface area contributed by atoms with Crippen LogP contribution in [0, 0.1) is 11.3 Å². The van der Waals surface area contributed by atoms with E-state index in [9.17, 15) is 14.9 Å². The summed E-state index contributed by atoms with van der Waals surface area (Å²) in [6.45, 7) is 0.235. The maximum atomic E-state index is 12.9. The number of nitriles is 1. The van der Waals surface area contributed by atoms with E-state index < -0.39 is 0 Å². The van der Waals surface area contributed by atoms with Gasteiger partial charge in [-0.3, -0.25) is 9.69 Å². The van der Waals surface area contributed by atoms with Gasteiger partial charge in [0.1, 0.15) is 18.1 Å². The minimum absolute atomic E-state index is 0.0221. The SMILES string of the molecule is N#Cc1ccccc1COc1ccccc1/C=C1\NC(=O)N(C2CCCCC2)C1=O. The highest BCUT2D eigenvalue weighted by atomic mass is 16.5. The second-order valence-corrected chi connectivity index (χ2v) is 7.55. The maximum absolute atomic E-state index is 12.9. The zero-order chi connectivity index (χ0) is 20.9. The number of hydrogen-bond acceptors (Lipinski definition) is 4. The molecule has 1 aliphatic heterocycles. The van der Waals surface area contributed by atoms with Crippen LogP contribution in [0.1, 0.15) is 48.8 Å². The largest absolute Gasteiger partial charge is 0.488 e. The van der Waals surface area contributed by atoms with Gasteiger partial charge in [0.2, 0.25) is 0 Å². The van der Waals surface area contributed by atoms with Crippen LogP contribution in [0.4, 0.5) is 4.79 Å². The van der Waals surface area contributed by atoms with Crippen molar-refractivity contribution in [2.75, 3.05) is 0 Å². The van der Waals surface area contributed by atoms with Gasteiger partial charge in [0.15, 0.2) is 0 Å². The van der Waals surface area contributed by atoms with Gasteiger partial charge >= 0.3 is 6.03 Å². The van der Waals surface area contributed by atoms with Crippen molar-refractivity contribution in [2.45, 2.75) is 44.8 Å². The van der Waals surface area contributed by atoms with Gasteiger partial charge in [-0.05, 0) is 31.1 Å². The Morgan fingerprint density at radius 1 is 1.07 bits per heavy atom. The number of nitrogens with zero attached hydrogens (tertiary/aromatic N) is 2. The van der Waals surface area contributed by atoms with Crippen molar-refractivity contribution in [2.24, 2.45) is 0 Å². The summed E-state index contributed by atoms with van der Waals surface area (Å²) in [7, 11) is 0. The Bertz CT molecular complexity index is 1030. The summed E-state index contributed by atoms with van der Waals surface area (Å²) in [5.74, 6) is 0.299. The van der Waals surface area contributed by atoms with E-state index in [0.29, 0.717) is 16.9 Å². The number of rotatable bonds is 5. The van der Waals surface area contributed by atoms with E-state index in [2.05, 4.69) is 11.4 Å². The molecular formula is C24H23N3O3. The monoisotopic (exact) mass is 401 g/mol. The molecule has 6 heteroatoms. The molecule has 0 atom stereocenters. The summed E-state index contributed by atoms with van der Waals surface area (Å²) in [4.78, 5) is 26.7. The Hall–Kier alpha value is -3.59. The standard InChI is InChI=1S/C24H23N3O3/c25-15-18-9-4-5-10-19(18)16-30-22-13-7-6-8-17(22)14-21-23(28)27(24(29)26-21)20-11-2-1-3-12-20/h4-10,13-14,20H,1-3,11-12,16H2,(H,26,29)/b21-14-. The molecule has 0 unspecified atom stereocenters. The van der Waals surface area contributed by atoms with Gasteiger partial charge in [0, 0.05) is 17.2 Å². The molecule has 152 valence electrons. The van der Waals surface area contributed by atoms with Crippen molar-refractivity contribution < 1.29 is 14.3 Å². The number of para-hydroxylation sites is 1. The normalized spacial score (nSPS) is 18.4.